The van der Waals surface area contributed by atoms with Crippen LogP contribution in [0.5, 0.6) is 0 Å². The van der Waals surface area contributed by atoms with Crippen LogP contribution in [0.1, 0.15) is 33.1 Å². The molecule has 1 fully saturated rings. The number of amides is 2. The first-order valence-corrected chi connectivity index (χ1v) is 5.97. The molecule has 1 saturated heterocycles. The quantitative estimate of drug-likeness (QED) is 0.737. The summed E-state index contributed by atoms with van der Waals surface area (Å²) in [4.78, 5) is 35.6. The predicted octanol–water partition coefficient (Wildman–Crippen LogP) is 0.224. The average Bonchev–Trinajstić information content (AvgIpc) is 2.46. The average molecular weight is 256 g/mol. The Morgan fingerprint density at radius 3 is 2.50 bits per heavy atom. The zero-order valence-corrected chi connectivity index (χ0v) is 11.0. The van der Waals surface area contributed by atoms with E-state index in [4.69, 9.17) is 5.11 Å². The van der Waals surface area contributed by atoms with Crippen molar-refractivity contribution in [1.29, 1.82) is 0 Å². The molecule has 0 aliphatic carbocycles. The van der Waals surface area contributed by atoms with Crippen molar-refractivity contribution in [3.05, 3.63) is 0 Å². The Labute approximate surface area is 106 Å². The smallest absolute Gasteiger partial charge is 0.303 e. The number of aliphatic carboxylic acids is 1. The van der Waals surface area contributed by atoms with Gasteiger partial charge in [0.15, 0.2) is 0 Å². The van der Waals surface area contributed by atoms with Crippen molar-refractivity contribution in [2.45, 2.75) is 39.2 Å². The molecule has 102 valence electrons. The third-order valence-corrected chi connectivity index (χ3v) is 3.03. The summed E-state index contributed by atoms with van der Waals surface area (Å²) < 4.78 is 0. The molecule has 1 unspecified atom stereocenters. The number of carboxylic acid groups (broad SMARTS) is 1. The Morgan fingerprint density at radius 2 is 2.06 bits per heavy atom. The van der Waals surface area contributed by atoms with Crippen molar-refractivity contribution < 1.29 is 19.5 Å². The number of nitrogens with one attached hydrogen (secondary N) is 1. The molecule has 0 saturated carbocycles. The highest BCUT2D eigenvalue weighted by molar-refractivity contribution is 5.89. The third kappa shape index (κ3) is 4.01. The standard InChI is InChI=1S/C12H20N2O4/c1-12(2,7-10(16)17)6-9(15)13-8-4-5-14(3)11(8)18/h8H,4-7H2,1-3H3,(H,13,15)(H,16,17). The van der Waals surface area contributed by atoms with Crippen LogP contribution in [0.15, 0.2) is 0 Å². The van der Waals surface area contributed by atoms with Crippen LogP contribution in [0.4, 0.5) is 0 Å². The van der Waals surface area contributed by atoms with Crippen LogP contribution < -0.4 is 5.32 Å². The van der Waals surface area contributed by atoms with Crippen molar-refractivity contribution in [2.75, 3.05) is 13.6 Å². The van der Waals surface area contributed by atoms with E-state index in [1.807, 2.05) is 0 Å². The summed E-state index contributed by atoms with van der Waals surface area (Å²) in [5, 5.41) is 11.4. The summed E-state index contributed by atoms with van der Waals surface area (Å²) in [7, 11) is 1.70. The molecule has 1 atom stereocenters. The van der Waals surface area contributed by atoms with Crippen molar-refractivity contribution >= 4 is 17.8 Å². The van der Waals surface area contributed by atoms with Gasteiger partial charge in [0.05, 0.1) is 6.42 Å². The number of carbonyl (C=O) groups is 3. The second kappa shape index (κ2) is 5.37. The molecule has 0 aromatic heterocycles. The molecule has 2 amide bonds. The summed E-state index contributed by atoms with van der Waals surface area (Å²) in [6, 6.07) is -0.455. The molecule has 1 aliphatic rings. The van der Waals surface area contributed by atoms with Crippen molar-refractivity contribution in [3.63, 3.8) is 0 Å². The maximum absolute atomic E-state index is 11.8. The Bertz CT molecular complexity index is 365. The lowest BCUT2D eigenvalue weighted by molar-refractivity contribution is -0.140. The van der Waals surface area contributed by atoms with E-state index in [9.17, 15) is 14.4 Å². The summed E-state index contributed by atoms with van der Waals surface area (Å²) in [6.07, 6.45) is 0.645. The lowest BCUT2D eigenvalue weighted by atomic mass is 9.85. The number of carboxylic acids is 1. The fraction of sp³-hybridized carbons (Fsp3) is 0.750. The number of likely N-dealkylation sites (tertiary alicyclic amines) is 1. The lowest BCUT2D eigenvalue weighted by Gasteiger charge is -2.22. The van der Waals surface area contributed by atoms with E-state index in [1.54, 1.807) is 25.8 Å². The van der Waals surface area contributed by atoms with Crippen LogP contribution in [0.25, 0.3) is 0 Å². The van der Waals surface area contributed by atoms with Gasteiger partial charge in [0.25, 0.3) is 0 Å². The summed E-state index contributed by atoms with van der Waals surface area (Å²) in [5.41, 5.74) is -0.608. The highest BCUT2D eigenvalue weighted by Gasteiger charge is 2.32. The second-order valence-corrected chi connectivity index (χ2v) is 5.58. The van der Waals surface area contributed by atoms with Crippen molar-refractivity contribution in [2.24, 2.45) is 5.41 Å². The number of nitrogens with zero attached hydrogens (tertiary/aromatic N) is 1. The SMILES string of the molecule is CN1CCC(NC(=O)CC(C)(C)CC(=O)O)C1=O. The van der Waals surface area contributed by atoms with Gasteiger partial charge in [-0.3, -0.25) is 14.4 Å². The van der Waals surface area contributed by atoms with E-state index in [0.29, 0.717) is 13.0 Å². The van der Waals surface area contributed by atoms with Crippen LogP contribution in [0, 0.1) is 5.41 Å². The zero-order valence-electron chi connectivity index (χ0n) is 11.0. The minimum absolute atomic E-state index is 0.0705. The zero-order chi connectivity index (χ0) is 13.9. The molecule has 1 heterocycles. The Balaban J connectivity index is 2.47. The van der Waals surface area contributed by atoms with Gasteiger partial charge in [-0.15, -0.1) is 0 Å². The molecule has 18 heavy (non-hydrogen) atoms. The Morgan fingerprint density at radius 1 is 1.44 bits per heavy atom. The van der Waals surface area contributed by atoms with Gasteiger partial charge in [0.2, 0.25) is 11.8 Å². The molecule has 0 aromatic carbocycles. The number of hydrogen-bond acceptors (Lipinski definition) is 3. The highest BCUT2D eigenvalue weighted by atomic mass is 16.4. The minimum Gasteiger partial charge on any atom is -0.481 e. The van der Waals surface area contributed by atoms with E-state index in [2.05, 4.69) is 5.32 Å². The first-order valence-electron chi connectivity index (χ1n) is 5.97. The van der Waals surface area contributed by atoms with E-state index >= 15 is 0 Å². The first-order chi connectivity index (χ1) is 8.21. The Kier molecular flexibility index (Phi) is 4.32. The fourth-order valence-corrected chi connectivity index (χ4v) is 2.11. The normalized spacial score (nSPS) is 20.1. The van der Waals surface area contributed by atoms with Gasteiger partial charge >= 0.3 is 5.97 Å². The van der Waals surface area contributed by atoms with Gasteiger partial charge < -0.3 is 15.3 Å². The molecular weight excluding hydrogens is 236 g/mol. The molecule has 0 bridgehead atoms. The molecule has 6 nitrogen and oxygen atoms in total. The van der Waals surface area contributed by atoms with Gasteiger partial charge in [-0.25, -0.2) is 0 Å². The first kappa shape index (κ1) is 14.5. The van der Waals surface area contributed by atoms with Crippen LogP contribution in [-0.2, 0) is 14.4 Å². The van der Waals surface area contributed by atoms with Crippen LogP contribution in [0.2, 0.25) is 0 Å². The monoisotopic (exact) mass is 256 g/mol. The minimum atomic E-state index is -0.926. The van der Waals surface area contributed by atoms with Crippen LogP contribution >= 0.6 is 0 Å². The lowest BCUT2D eigenvalue weighted by Crippen LogP contribution is -2.42. The summed E-state index contributed by atoms with van der Waals surface area (Å²) in [6.45, 7) is 4.09. The number of likely N-dealkylation sites (N-methyl/N-ethyl adjacent to an activating group) is 1. The van der Waals surface area contributed by atoms with E-state index in [-0.39, 0.29) is 24.7 Å². The predicted molar refractivity (Wildman–Crippen MR) is 64.8 cm³/mol. The maximum atomic E-state index is 11.8. The molecule has 1 rings (SSSR count). The van der Waals surface area contributed by atoms with Crippen LogP contribution in [0.3, 0.4) is 0 Å². The van der Waals surface area contributed by atoms with Gasteiger partial charge in [-0.1, -0.05) is 13.8 Å². The third-order valence-electron chi connectivity index (χ3n) is 3.03. The molecule has 1 aliphatic heterocycles. The van der Waals surface area contributed by atoms with Gasteiger partial charge in [0, 0.05) is 20.0 Å². The number of rotatable bonds is 5. The molecule has 0 spiro atoms. The van der Waals surface area contributed by atoms with E-state index in [0.717, 1.165) is 0 Å². The summed E-state index contributed by atoms with van der Waals surface area (Å²) in [5.74, 6) is -1.28. The van der Waals surface area contributed by atoms with Gasteiger partial charge in [0.1, 0.15) is 6.04 Å². The molecule has 0 radical (unpaired) electrons. The highest BCUT2D eigenvalue weighted by Crippen LogP contribution is 2.25. The van der Waals surface area contributed by atoms with E-state index in [1.165, 1.54) is 0 Å². The van der Waals surface area contributed by atoms with Crippen LogP contribution in [-0.4, -0.2) is 47.4 Å². The molecule has 2 N–H and O–H groups in total. The molecule has 6 heteroatoms. The largest absolute Gasteiger partial charge is 0.481 e. The number of carbonyl (C=O) groups excluding carboxylic acids is 2. The molecule has 0 aromatic rings. The maximum Gasteiger partial charge on any atom is 0.303 e. The van der Waals surface area contributed by atoms with Gasteiger partial charge in [-0.2, -0.15) is 0 Å². The van der Waals surface area contributed by atoms with Gasteiger partial charge in [-0.05, 0) is 11.8 Å². The number of hydrogen-bond donors (Lipinski definition) is 2. The van der Waals surface area contributed by atoms with E-state index < -0.39 is 17.4 Å². The van der Waals surface area contributed by atoms with Crippen molar-refractivity contribution in [1.82, 2.24) is 10.2 Å². The van der Waals surface area contributed by atoms with Crippen molar-refractivity contribution in [3.8, 4) is 0 Å². The topological polar surface area (TPSA) is 86.7 Å². The summed E-state index contributed by atoms with van der Waals surface area (Å²) >= 11 is 0. The molecular formula is C12H20N2O4. The fourth-order valence-electron chi connectivity index (χ4n) is 2.11. The Hall–Kier alpha value is -1.59. The second-order valence-electron chi connectivity index (χ2n) is 5.58.